The van der Waals surface area contributed by atoms with Crippen LogP contribution in [0.3, 0.4) is 0 Å². The number of fused-ring (bicyclic) bond motifs is 1. The molecule has 1 aromatic carbocycles. The van der Waals surface area contributed by atoms with Crippen molar-refractivity contribution in [3.05, 3.63) is 51.3 Å². The first-order valence-electron chi connectivity index (χ1n) is 6.99. The van der Waals surface area contributed by atoms with E-state index in [-0.39, 0.29) is 6.10 Å². The second-order valence-corrected chi connectivity index (χ2v) is 6.47. The number of nitrogens with zero attached hydrogens (tertiary/aromatic N) is 2. The summed E-state index contributed by atoms with van der Waals surface area (Å²) in [6, 6.07) is 8.50. The second kappa shape index (κ2) is 5.34. The summed E-state index contributed by atoms with van der Waals surface area (Å²) in [5.41, 5.74) is 4.82. The summed E-state index contributed by atoms with van der Waals surface area (Å²) >= 11 is 3.57. The number of hydrogen-bond acceptors (Lipinski definition) is 2. The Morgan fingerprint density at radius 1 is 1.35 bits per heavy atom. The Hall–Kier alpha value is -1.13. The molecule has 3 rings (SSSR count). The molecule has 106 valence electrons. The van der Waals surface area contributed by atoms with Gasteiger partial charge in [-0.05, 0) is 52.7 Å². The van der Waals surface area contributed by atoms with Gasteiger partial charge >= 0.3 is 0 Å². The SMILES string of the molecule is Cc1nn(C)c(CC(O)C2Cc3ccccc3C2)c1Br. The molecule has 1 N–H and O–H groups in total. The largest absolute Gasteiger partial charge is 0.392 e. The van der Waals surface area contributed by atoms with Crippen LogP contribution in [0.5, 0.6) is 0 Å². The second-order valence-electron chi connectivity index (χ2n) is 5.68. The Balaban J connectivity index is 1.74. The minimum absolute atomic E-state index is 0.314. The van der Waals surface area contributed by atoms with Crippen LogP contribution in [-0.2, 0) is 26.3 Å². The summed E-state index contributed by atoms with van der Waals surface area (Å²) in [6.07, 6.45) is 2.28. The van der Waals surface area contributed by atoms with Crippen molar-refractivity contribution in [2.24, 2.45) is 13.0 Å². The molecule has 1 aliphatic carbocycles. The van der Waals surface area contributed by atoms with Gasteiger partial charge in [-0.25, -0.2) is 0 Å². The minimum Gasteiger partial charge on any atom is -0.392 e. The molecular formula is C16H19BrN2O. The zero-order valence-electron chi connectivity index (χ0n) is 11.8. The van der Waals surface area contributed by atoms with Crippen molar-refractivity contribution in [1.82, 2.24) is 9.78 Å². The minimum atomic E-state index is -0.325. The standard InChI is InChI=1S/C16H19BrN2O/c1-10-16(17)14(19(2)18-10)9-15(20)13-7-11-5-3-4-6-12(11)8-13/h3-6,13,15,20H,7-9H2,1-2H3. The lowest BCUT2D eigenvalue weighted by Crippen LogP contribution is -2.24. The molecule has 0 bridgehead atoms. The third-order valence-corrected chi connectivity index (χ3v) is 5.32. The van der Waals surface area contributed by atoms with E-state index in [1.807, 2.05) is 18.7 Å². The summed E-state index contributed by atoms with van der Waals surface area (Å²) in [6.45, 7) is 1.98. The molecule has 0 fully saturated rings. The van der Waals surface area contributed by atoms with E-state index in [0.717, 1.165) is 28.7 Å². The van der Waals surface area contributed by atoms with Crippen molar-refractivity contribution in [2.45, 2.75) is 32.3 Å². The van der Waals surface area contributed by atoms with Crippen LogP contribution in [0.25, 0.3) is 0 Å². The predicted octanol–water partition coefficient (Wildman–Crippen LogP) is 2.81. The molecule has 1 aromatic heterocycles. The lowest BCUT2D eigenvalue weighted by Gasteiger charge is -2.18. The number of benzene rings is 1. The topological polar surface area (TPSA) is 38.0 Å². The normalized spacial score (nSPS) is 16.4. The van der Waals surface area contributed by atoms with Gasteiger partial charge in [0.1, 0.15) is 0 Å². The van der Waals surface area contributed by atoms with Crippen LogP contribution in [-0.4, -0.2) is 21.0 Å². The fourth-order valence-electron chi connectivity index (χ4n) is 3.13. The van der Waals surface area contributed by atoms with Crippen LogP contribution in [0.4, 0.5) is 0 Å². The van der Waals surface area contributed by atoms with Gasteiger partial charge in [-0.15, -0.1) is 0 Å². The summed E-state index contributed by atoms with van der Waals surface area (Å²) in [4.78, 5) is 0. The van der Waals surface area contributed by atoms with Gasteiger partial charge in [0.15, 0.2) is 0 Å². The molecule has 4 heteroatoms. The van der Waals surface area contributed by atoms with Crippen molar-refractivity contribution in [2.75, 3.05) is 0 Å². The van der Waals surface area contributed by atoms with Gasteiger partial charge in [-0.3, -0.25) is 4.68 Å². The van der Waals surface area contributed by atoms with Crippen molar-refractivity contribution >= 4 is 15.9 Å². The highest BCUT2D eigenvalue weighted by atomic mass is 79.9. The number of aromatic nitrogens is 2. The summed E-state index contributed by atoms with van der Waals surface area (Å²) < 4.78 is 2.89. The first kappa shape index (κ1) is 13.8. The first-order valence-corrected chi connectivity index (χ1v) is 7.78. The molecule has 1 aliphatic rings. The average molecular weight is 335 g/mol. The van der Waals surface area contributed by atoms with Gasteiger partial charge < -0.3 is 5.11 Å². The highest BCUT2D eigenvalue weighted by molar-refractivity contribution is 9.10. The summed E-state index contributed by atoms with van der Waals surface area (Å²) in [5.74, 6) is 0.314. The number of hydrogen-bond donors (Lipinski definition) is 1. The molecule has 0 spiro atoms. The predicted molar refractivity (Wildman–Crippen MR) is 82.7 cm³/mol. The Kier molecular flexibility index (Phi) is 3.69. The van der Waals surface area contributed by atoms with E-state index in [1.165, 1.54) is 11.1 Å². The molecule has 0 saturated heterocycles. The number of halogens is 1. The fourth-order valence-corrected chi connectivity index (χ4v) is 3.63. The number of aryl methyl sites for hydroxylation is 2. The Labute approximate surface area is 127 Å². The van der Waals surface area contributed by atoms with Crippen LogP contribution >= 0.6 is 15.9 Å². The molecule has 3 nitrogen and oxygen atoms in total. The maximum Gasteiger partial charge on any atom is 0.0738 e. The van der Waals surface area contributed by atoms with Crippen LogP contribution in [0.2, 0.25) is 0 Å². The van der Waals surface area contributed by atoms with E-state index >= 15 is 0 Å². The Bertz CT molecular complexity index is 610. The van der Waals surface area contributed by atoms with Gasteiger partial charge in [-0.2, -0.15) is 5.10 Å². The van der Waals surface area contributed by atoms with Crippen molar-refractivity contribution < 1.29 is 5.11 Å². The van der Waals surface area contributed by atoms with Crippen LogP contribution in [0.15, 0.2) is 28.7 Å². The highest BCUT2D eigenvalue weighted by Crippen LogP contribution is 2.31. The lowest BCUT2D eigenvalue weighted by atomic mass is 9.95. The molecule has 1 unspecified atom stereocenters. The van der Waals surface area contributed by atoms with E-state index in [4.69, 9.17) is 0 Å². The van der Waals surface area contributed by atoms with E-state index in [2.05, 4.69) is 45.3 Å². The van der Waals surface area contributed by atoms with Crippen molar-refractivity contribution in [3.63, 3.8) is 0 Å². The fraction of sp³-hybridized carbons (Fsp3) is 0.438. The lowest BCUT2D eigenvalue weighted by molar-refractivity contribution is 0.110. The molecule has 0 amide bonds. The van der Waals surface area contributed by atoms with E-state index in [0.29, 0.717) is 12.3 Å². The van der Waals surface area contributed by atoms with Gasteiger partial charge in [0, 0.05) is 13.5 Å². The Morgan fingerprint density at radius 3 is 2.45 bits per heavy atom. The highest BCUT2D eigenvalue weighted by Gasteiger charge is 2.28. The summed E-state index contributed by atoms with van der Waals surface area (Å²) in [5, 5.41) is 15.0. The van der Waals surface area contributed by atoms with Gasteiger partial charge in [0.25, 0.3) is 0 Å². The maximum absolute atomic E-state index is 10.6. The molecule has 20 heavy (non-hydrogen) atoms. The maximum atomic E-state index is 10.6. The third kappa shape index (κ3) is 2.42. The first-order chi connectivity index (χ1) is 9.56. The summed E-state index contributed by atoms with van der Waals surface area (Å²) in [7, 11) is 1.93. The third-order valence-electron chi connectivity index (χ3n) is 4.29. The number of aliphatic hydroxyl groups excluding tert-OH is 1. The molecule has 0 aliphatic heterocycles. The average Bonchev–Trinajstić information content (AvgIpc) is 2.95. The molecule has 0 saturated carbocycles. The zero-order valence-corrected chi connectivity index (χ0v) is 13.4. The van der Waals surface area contributed by atoms with Crippen LogP contribution < -0.4 is 0 Å². The zero-order chi connectivity index (χ0) is 14.3. The van der Waals surface area contributed by atoms with Gasteiger partial charge in [-0.1, -0.05) is 24.3 Å². The van der Waals surface area contributed by atoms with Crippen LogP contribution in [0.1, 0.15) is 22.5 Å². The molecule has 0 radical (unpaired) electrons. The van der Waals surface area contributed by atoms with Gasteiger partial charge in [0.2, 0.25) is 0 Å². The van der Waals surface area contributed by atoms with E-state index in [1.54, 1.807) is 0 Å². The van der Waals surface area contributed by atoms with Gasteiger partial charge in [0.05, 0.1) is 22.0 Å². The molecule has 1 atom stereocenters. The molecular weight excluding hydrogens is 316 g/mol. The molecule has 1 heterocycles. The quantitative estimate of drug-likeness (QED) is 0.937. The van der Waals surface area contributed by atoms with Crippen LogP contribution in [0, 0.1) is 12.8 Å². The number of aliphatic hydroxyl groups is 1. The Morgan fingerprint density at radius 2 is 1.95 bits per heavy atom. The molecule has 2 aromatic rings. The van der Waals surface area contributed by atoms with Crippen molar-refractivity contribution in [3.8, 4) is 0 Å². The monoisotopic (exact) mass is 334 g/mol. The van der Waals surface area contributed by atoms with E-state index in [9.17, 15) is 5.11 Å². The smallest absolute Gasteiger partial charge is 0.0738 e. The van der Waals surface area contributed by atoms with Crippen molar-refractivity contribution in [1.29, 1.82) is 0 Å². The number of rotatable bonds is 3. The van der Waals surface area contributed by atoms with E-state index < -0.39 is 0 Å².